The lowest BCUT2D eigenvalue weighted by Crippen LogP contribution is -2.26. The summed E-state index contributed by atoms with van der Waals surface area (Å²) >= 11 is 0. The molecule has 4 nitrogen and oxygen atoms in total. The van der Waals surface area contributed by atoms with Crippen molar-refractivity contribution in [3.05, 3.63) is 58.7 Å². The molecular formula is C27H34FNO3. The fourth-order valence-electron chi connectivity index (χ4n) is 3.47. The highest BCUT2D eigenvalue weighted by atomic mass is 19.1. The zero-order chi connectivity index (χ0) is 24.1. The van der Waals surface area contributed by atoms with Crippen LogP contribution in [0.2, 0.25) is 0 Å². The minimum atomic E-state index is -0.598. The van der Waals surface area contributed by atoms with Gasteiger partial charge in [0, 0.05) is 11.1 Å². The zero-order valence-electron chi connectivity index (χ0n) is 20.2. The van der Waals surface area contributed by atoms with Gasteiger partial charge in [0.15, 0.2) is 0 Å². The molecule has 0 bridgehead atoms. The number of ether oxygens (including phenoxy) is 1. The van der Waals surface area contributed by atoms with Gasteiger partial charge in [-0.15, -0.1) is 0 Å². The summed E-state index contributed by atoms with van der Waals surface area (Å²) in [6.45, 7) is 13.9. The molecule has 0 saturated carbocycles. The summed E-state index contributed by atoms with van der Waals surface area (Å²) < 4.78 is 19.5. The van der Waals surface area contributed by atoms with E-state index in [9.17, 15) is 14.0 Å². The first kappa shape index (κ1) is 25.4. The molecule has 0 atom stereocenters. The van der Waals surface area contributed by atoms with Crippen molar-refractivity contribution in [1.29, 1.82) is 0 Å². The summed E-state index contributed by atoms with van der Waals surface area (Å²) in [6, 6.07) is 6.23. The number of benzene rings is 1. The number of allylic oxidation sites excluding steroid dienone is 1. The minimum Gasteiger partial charge on any atom is -0.460 e. The summed E-state index contributed by atoms with van der Waals surface area (Å²) in [5.41, 5.74) is 4.23. The number of halogens is 1. The van der Waals surface area contributed by atoms with Gasteiger partial charge in [0.2, 0.25) is 0 Å². The first-order chi connectivity index (χ1) is 15.0. The molecule has 0 aliphatic rings. The molecule has 0 unspecified atom stereocenters. The van der Waals surface area contributed by atoms with Crippen molar-refractivity contribution in [2.24, 2.45) is 5.41 Å². The molecule has 172 valence electrons. The normalized spacial score (nSPS) is 12.1. The average Bonchev–Trinajstić information content (AvgIpc) is 2.75. The molecule has 2 aromatic rings. The Morgan fingerprint density at radius 1 is 1.09 bits per heavy atom. The molecular weight excluding hydrogens is 405 g/mol. The quantitative estimate of drug-likeness (QED) is 0.244. The van der Waals surface area contributed by atoms with Crippen molar-refractivity contribution in [1.82, 2.24) is 4.98 Å². The van der Waals surface area contributed by atoms with E-state index in [0.29, 0.717) is 6.42 Å². The summed E-state index contributed by atoms with van der Waals surface area (Å²) in [7, 11) is 0. The topological polar surface area (TPSA) is 56.3 Å². The predicted octanol–water partition coefficient (Wildman–Crippen LogP) is 6.83. The van der Waals surface area contributed by atoms with Gasteiger partial charge in [-0.25, -0.2) is 4.39 Å². The van der Waals surface area contributed by atoms with Crippen LogP contribution in [0.15, 0.2) is 30.3 Å². The average molecular weight is 440 g/mol. The Labute approximate surface area is 190 Å². The molecule has 32 heavy (non-hydrogen) atoms. The van der Waals surface area contributed by atoms with Crippen LogP contribution in [0, 0.1) is 11.2 Å². The number of carbonyl (C=O) groups is 2. The molecule has 2 rings (SSSR count). The van der Waals surface area contributed by atoms with E-state index < -0.39 is 5.41 Å². The Morgan fingerprint density at radius 3 is 2.19 bits per heavy atom. The van der Waals surface area contributed by atoms with Gasteiger partial charge in [-0.3, -0.25) is 14.6 Å². The lowest BCUT2D eigenvalue weighted by Gasteiger charge is -2.25. The number of esters is 1. The molecule has 0 radical (unpaired) electrons. The zero-order valence-corrected chi connectivity index (χ0v) is 20.2. The van der Waals surface area contributed by atoms with Gasteiger partial charge in [-0.05, 0) is 67.5 Å². The van der Waals surface area contributed by atoms with Gasteiger partial charge in [0.1, 0.15) is 18.7 Å². The molecule has 0 fully saturated rings. The monoisotopic (exact) mass is 439 g/mol. The van der Waals surface area contributed by atoms with Gasteiger partial charge >= 0.3 is 5.97 Å². The number of pyridine rings is 1. The van der Waals surface area contributed by atoms with Crippen LogP contribution in [0.25, 0.3) is 17.2 Å². The molecule has 0 amide bonds. The number of aldehydes is 1. The minimum absolute atomic E-state index is 0.0514. The Balaban J connectivity index is 2.83. The highest BCUT2D eigenvalue weighted by Gasteiger charge is 2.29. The van der Waals surface area contributed by atoms with Crippen molar-refractivity contribution in [2.45, 2.75) is 73.3 Å². The Kier molecular flexibility index (Phi) is 8.48. The molecule has 1 heterocycles. The molecule has 0 aliphatic heterocycles. The van der Waals surface area contributed by atoms with Crippen LogP contribution < -0.4 is 0 Å². The SMILES string of the molecule is CCC(C)(C)C(=O)OCc1c(C(C)C)nc(C(C)C)c(C=CC=O)c1-c1ccc(F)cc1. The molecule has 0 aliphatic carbocycles. The predicted molar refractivity (Wildman–Crippen MR) is 127 cm³/mol. The largest absolute Gasteiger partial charge is 0.460 e. The number of rotatable bonds is 9. The smallest absolute Gasteiger partial charge is 0.311 e. The van der Waals surface area contributed by atoms with Gasteiger partial charge < -0.3 is 4.74 Å². The van der Waals surface area contributed by atoms with Gasteiger partial charge in [0.25, 0.3) is 0 Å². The van der Waals surface area contributed by atoms with Crippen molar-refractivity contribution >= 4 is 18.3 Å². The molecule has 1 aromatic heterocycles. The lowest BCUT2D eigenvalue weighted by molar-refractivity contribution is -0.155. The van der Waals surface area contributed by atoms with Crippen LogP contribution in [-0.2, 0) is 20.9 Å². The third kappa shape index (κ3) is 5.70. The first-order valence-corrected chi connectivity index (χ1v) is 11.1. The third-order valence-electron chi connectivity index (χ3n) is 5.75. The number of hydrogen-bond acceptors (Lipinski definition) is 4. The maximum Gasteiger partial charge on any atom is 0.311 e. The third-order valence-corrected chi connectivity index (χ3v) is 5.75. The highest BCUT2D eigenvalue weighted by molar-refractivity contribution is 5.84. The van der Waals surface area contributed by atoms with Crippen LogP contribution >= 0.6 is 0 Å². The first-order valence-electron chi connectivity index (χ1n) is 11.1. The second kappa shape index (κ2) is 10.7. The number of aromatic nitrogens is 1. The second-order valence-corrected chi connectivity index (χ2v) is 9.27. The van der Waals surface area contributed by atoms with E-state index in [4.69, 9.17) is 9.72 Å². The summed E-state index contributed by atoms with van der Waals surface area (Å²) in [4.78, 5) is 28.8. The van der Waals surface area contributed by atoms with Crippen LogP contribution in [0.5, 0.6) is 0 Å². The van der Waals surface area contributed by atoms with Crippen LogP contribution in [-0.4, -0.2) is 17.2 Å². The fourth-order valence-corrected chi connectivity index (χ4v) is 3.47. The van der Waals surface area contributed by atoms with E-state index in [1.54, 1.807) is 18.2 Å². The van der Waals surface area contributed by atoms with Crippen molar-refractivity contribution in [2.75, 3.05) is 0 Å². The molecule has 5 heteroatoms. The summed E-state index contributed by atoms with van der Waals surface area (Å²) in [5, 5.41) is 0. The molecule has 0 spiro atoms. The summed E-state index contributed by atoms with van der Waals surface area (Å²) in [5.74, 6) is -0.450. The second-order valence-electron chi connectivity index (χ2n) is 9.27. The van der Waals surface area contributed by atoms with Crippen molar-refractivity contribution in [3.8, 4) is 11.1 Å². The Bertz CT molecular complexity index is 989. The highest BCUT2D eigenvalue weighted by Crippen LogP contribution is 2.38. The van der Waals surface area contributed by atoms with Gasteiger partial charge in [0.05, 0.1) is 16.8 Å². The van der Waals surface area contributed by atoms with Crippen molar-refractivity contribution < 1.29 is 18.7 Å². The van der Waals surface area contributed by atoms with E-state index in [1.165, 1.54) is 18.2 Å². The van der Waals surface area contributed by atoms with Crippen LogP contribution in [0.1, 0.15) is 89.2 Å². The number of hydrogen-bond donors (Lipinski definition) is 0. The molecule has 0 saturated heterocycles. The molecule has 1 aromatic carbocycles. The van der Waals surface area contributed by atoms with E-state index >= 15 is 0 Å². The van der Waals surface area contributed by atoms with E-state index in [0.717, 1.165) is 39.9 Å². The van der Waals surface area contributed by atoms with Crippen molar-refractivity contribution in [3.63, 3.8) is 0 Å². The van der Waals surface area contributed by atoms with Gasteiger partial charge in [-0.2, -0.15) is 0 Å². The Hall–Kier alpha value is -2.82. The van der Waals surface area contributed by atoms with E-state index in [1.807, 2.05) is 48.5 Å². The van der Waals surface area contributed by atoms with E-state index in [2.05, 4.69) is 0 Å². The lowest BCUT2D eigenvalue weighted by atomic mass is 9.87. The molecule has 0 N–H and O–H groups in total. The van der Waals surface area contributed by atoms with Crippen LogP contribution in [0.4, 0.5) is 4.39 Å². The number of nitrogens with zero attached hydrogens (tertiary/aromatic N) is 1. The fraction of sp³-hybridized carbons (Fsp3) is 0.444. The van der Waals surface area contributed by atoms with Gasteiger partial charge in [-0.1, -0.05) is 46.8 Å². The maximum absolute atomic E-state index is 13.7. The number of carbonyl (C=O) groups excluding carboxylic acids is 2. The standard InChI is InChI=1S/C27H34FNO3/c1-8-27(6,7)26(31)32-16-22-23(19-11-13-20(28)14-12-19)21(10-9-15-30)24(17(2)3)29-25(22)18(4)5/h9-15,17-18H,8,16H2,1-7H3. The van der Waals surface area contributed by atoms with E-state index in [-0.39, 0.29) is 30.2 Å². The summed E-state index contributed by atoms with van der Waals surface area (Å²) in [6.07, 6.45) is 4.55. The van der Waals surface area contributed by atoms with Crippen LogP contribution in [0.3, 0.4) is 0 Å². The Morgan fingerprint density at radius 2 is 1.69 bits per heavy atom. The maximum atomic E-state index is 13.7.